The summed E-state index contributed by atoms with van der Waals surface area (Å²) in [5.74, 6) is -0.895. The van der Waals surface area contributed by atoms with Crippen LogP contribution in [0.4, 0.5) is 5.69 Å². The van der Waals surface area contributed by atoms with Gasteiger partial charge in [0.15, 0.2) is 6.61 Å². The Morgan fingerprint density at radius 2 is 1.79 bits per heavy atom. The summed E-state index contributed by atoms with van der Waals surface area (Å²) in [6.45, 7) is 3.40. The van der Waals surface area contributed by atoms with E-state index >= 15 is 0 Å². The van der Waals surface area contributed by atoms with Crippen LogP contribution < -0.4 is 10.1 Å². The van der Waals surface area contributed by atoms with E-state index in [1.165, 1.54) is 0 Å². The summed E-state index contributed by atoms with van der Waals surface area (Å²) in [7, 11) is 0. The molecule has 1 heterocycles. The van der Waals surface area contributed by atoms with Crippen molar-refractivity contribution in [2.45, 2.75) is 13.8 Å². The van der Waals surface area contributed by atoms with Crippen LogP contribution in [0.15, 0.2) is 54.6 Å². The molecule has 0 fully saturated rings. The van der Waals surface area contributed by atoms with Crippen LogP contribution in [0.1, 0.15) is 21.7 Å². The van der Waals surface area contributed by atoms with Crippen molar-refractivity contribution >= 4 is 17.4 Å². The zero-order valence-corrected chi connectivity index (χ0v) is 15.5. The molecule has 1 amide bonds. The number of hydrogen-bond donors (Lipinski definition) is 1. The van der Waals surface area contributed by atoms with Crippen molar-refractivity contribution in [2.75, 3.05) is 11.9 Å². The molecule has 0 aliphatic heterocycles. The van der Waals surface area contributed by atoms with Crippen molar-refractivity contribution in [3.05, 3.63) is 71.5 Å². The van der Waals surface area contributed by atoms with Crippen LogP contribution in [0.5, 0.6) is 5.75 Å². The van der Waals surface area contributed by atoms with Gasteiger partial charge in [0.2, 0.25) is 0 Å². The van der Waals surface area contributed by atoms with E-state index in [1.54, 1.807) is 42.8 Å². The number of carbonyl (C=O) groups is 2. The molecule has 1 N–H and O–H groups in total. The number of anilines is 1. The van der Waals surface area contributed by atoms with E-state index in [1.807, 2.05) is 36.4 Å². The monoisotopic (exact) mass is 374 g/mol. The van der Waals surface area contributed by atoms with Gasteiger partial charge in [-0.2, -0.15) is 10.4 Å². The summed E-state index contributed by atoms with van der Waals surface area (Å²) in [6, 6.07) is 17.7. The summed E-state index contributed by atoms with van der Waals surface area (Å²) in [5, 5.41) is 15.5. The van der Waals surface area contributed by atoms with Crippen LogP contribution in [0, 0.1) is 25.2 Å². The average Bonchev–Trinajstić information content (AvgIpc) is 3.01. The largest absolute Gasteiger partial charge is 0.479 e. The predicted octanol–water partition coefficient (Wildman–Crippen LogP) is 3.21. The van der Waals surface area contributed by atoms with Gasteiger partial charge in [-0.25, -0.2) is 4.68 Å². The van der Waals surface area contributed by atoms with E-state index in [0.29, 0.717) is 22.8 Å². The number of para-hydroxylation sites is 1. The van der Waals surface area contributed by atoms with Gasteiger partial charge in [0, 0.05) is 5.69 Å². The van der Waals surface area contributed by atoms with E-state index in [9.17, 15) is 9.59 Å². The van der Waals surface area contributed by atoms with Crippen molar-refractivity contribution in [1.29, 1.82) is 5.26 Å². The number of Topliss-reactive ketones (excluding diaryl/α,β-unsaturated/α-hetero) is 1. The lowest BCUT2D eigenvalue weighted by Gasteiger charge is -2.07. The first-order chi connectivity index (χ1) is 13.5. The first-order valence-corrected chi connectivity index (χ1v) is 8.58. The molecule has 0 bridgehead atoms. The Morgan fingerprint density at radius 3 is 2.43 bits per heavy atom. The number of ketones is 1. The average molecular weight is 374 g/mol. The maximum Gasteiger partial charge on any atom is 0.296 e. The molecule has 0 aliphatic rings. The molecule has 3 rings (SSSR count). The fraction of sp³-hybridized carbons (Fsp3) is 0.143. The fourth-order valence-corrected chi connectivity index (χ4v) is 2.84. The van der Waals surface area contributed by atoms with Gasteiger partial charge in [-0.15, -0.1) is 0 Å². The lowest BCUT2D eigenvalue weighted by Crippen LogP contribution is -2.24. The molecule has 3 aromatic rings. The van der Waals surface area contributed by atoms with Crippen molar-refractivity contribution in [1.82, 2.24) is 9.78 Å². The van der Waals surface area contributed by atoms with E-state index in [-0.39, 0.29) is 12.2 Å². The summed E-state index contributed by atoms with van der Waals surface area (Å²) in [4.78, 5) is 25.2. The first kappa shape index (κ1) is 18.9. The van der Waals surface area contributed by atoms with E-state index in [4.69, 9.17) is 10.00 Å². The molecule has 7 heteroatoms. The van der Waals surface area contributed by atoms with E-state index in [0.717, 1.165) is 5.69 Å². The van der Waals surface area contributed by atoms with Crippen LogP contribution in [-0.2, 0) is 4.79 Å². The van der Waals surface area contributed by atoms with E-state index in [2.05, 4.69) is 10.4 Å². The number of nitrogens with one attached hydrogen (secondary N) is 1. The topological polar surface area (TPSA) is 97.0 Å². The highest BCUT2D eigenvalue weighted by Crippen LogP contribution is 2.20. The summed E-state index contributed by atoms with van der Waals surface area (Å²) in [6.07, 6.45) is 0. The van der Waals surface area contributed by atoms with Crippen molar-refractivity contribution in [3.8, 4) is 17.5 Å². The second kappa shape index (κ2) is 8.18. The highest BCUT2D eigenvalue weighted by molar-refractivity contribution is 6.47. The summed E-state index contributed by atoms with van der Waals surface area (Å²) in [5.41, 5.74) is 2.64. The highest BCUT2D eigenvalue weighted by Gasteiger charge is 2.25. The van der Waals surface area contributed by atoms with Crippen LogP contribution in [-0.4, -0.2) is 28.1 Å². The molecule has 28 heavy (non-hydrogen) atoms. The van der Waals surface area contributed by atoms with Gasteiger partial charge in [0.1, 0.15) is 11.8 Å². The molecule has 7 nitrogen and oxygen atoms in total. The standard InChI is InChI=1S/C21H18N4O3/c1-14-19(15(2)25(24-14)17-6-4-3-5-7-17)20(26)21(27)23-16-8-10-18(11-9-16)28-13-12-22/h3-11H,13H2,1-2H3,(H,23,27). The number of benzene rings is 2. The van der Waals surface area contributed by atoms with Crippen LogP contribution in [0.3, 0.4) is 0 Å². The number of rotatable bonds is 6. The van der Waals surface area contributed by atoms with Gasteiger partial charge < -0.3 is 10.1 Å². The molecule has 0 atom stereocenters. The van der Waals surface area contributed by atoms with Gasteiger partial charge in [0.25, 0.3) is 11.7 Å². The maximum atomic E-state index is 12.7. The highest BCUT2D eigenvalue weighted by atomic mass is 16.5. The lowest BCUT2D eigenvalue weighted by molar-refractivity contribution is -0.112. The third-order valence-electron chi connectivity index (χ3n) is 4.14. The Kier molecular flexibility index (Phi) is 5.51. The number of carbonyl (C=O) groups excluding carboxylic acids is 2. The minimum Gasteiger partial charge on any atom is -0.479 e. The number of ether oxygens (including phenoxy) is 1. The minimum absolute atomic E-state index is 0.0614. The summed E-state index contributed by atoms with van der Waals surface area (Å²) >= 11 is 0. The second-order valence-corrected chi connectivity index (χ2v) is 6.05. The number of nitriles is 1. The van der Waals surface area contributed by atoms with Crippen LogP contribution in [0.2, 0.25) is 0 Å². The van der Waals surface area contributed by atoms with Gasteiger partial charge in [0.05, 0.1) is 22.6 Å². The lowest BCUT2D eigenvalue weighted by atomic mass is 10.1. The minimum atomic E-state index is -0.746. The molecule has 0 spiro atoms. The Morgan fingerprint density at radius 1 is 1.11 bits per heavy atom. The molecule has 0 saturated heterocycles. The smallest absolute Gasteiger partial charge is 0.296 e. The fourth-order valence-electron chi connectivity index (χ4n) is 2.84. The van der Waals surface area contributed by atoms with Gasteiger partial charge in [-0.3, -0.25) is 9.59 Å². The number of nitrogens with zero attached hydrogens (tertiary/aromatic N) is 3. The maximum absolute atomic E-state index is 12.7. The normalized spacial score (nSPS) is 10.2. The number of hydrogen-bond acceptors (Lipinski definition) is 5. The molecule has 140 valence electrons. The SMILES string of the molecule is Cc1nn(-c2ccccc2)c(C)c1C(=O)C(=O)Nc1ccc(OCC#N)cc1. The summed E-state index contributed by atoms with van der Waals surface area (Å²) < 4.78 is 6.81. The Balaban J connectivity index is 1.78. The second-order valence-electron chi connectivity index (χ2n) is 6.05. The van der Waals surface area contributed by atoms with Gasteiger partial charge >= 0.3 is 0 Å². The van der Waals surface area contributed by atoms with Crippen molar-refractivity contribution < 1.29 is 14.3 Å². The molecular weight excluding hydrogens is 356 g/mol. The Hall–Kier alpha value is -3.92. The molecule has 0 saturated carbocycles. The zero-order chi connectivity index (χ0) is 20.1. The van der Waals surface area contributed by atoms with Crippen LogP contribution in [0.25, 0.3) is 5.69 Å². The van der Waals surface area contributed by atoms with Gasteiger partial charge in [-0.1, -0.05) is 18.2 Å². The molecule has 0 radical (unpaired) electrons. The number of aromatic nitrogens is 2. The predicted molar refractivity (Wildman–Crippen MR) is 104 cm³/mol. The van der Waals surface area contributed by atoms with Crippen LogP contribution >= 0.6 is 0 Å². The zero-order valence-electron chi connectivity index (χ0n) is 15.5. The first-order valence-electron chi connectivity index (χ1n) is 8.58. The third-order valence-corrected chi connectivity index (χ3v) is 4.14. The third kappa shape index (κ3) is 3.91. The molecule has 2 aromatic carbocycles. The van der Waals surface area contributed by atoms with E-state index < -0.39 is 11.7 Å². The number of aryl methyl sites for hydroxylation is 1. The molecular formula is C21H18N4O3. The van der Waals surface area contributed by atoms with Crippen molar-refractivity contribution in [2.24, 2.45) is 0 Å². The molecule has 1 aromatic heterocycles. The Labute approximate surface area is 162 Å². The quantitative estimate of drug-likeness (QED) is 0.528. The number of amides is 1. The molecule has 0 aliphatic carbocycles. The molecule has 0 unspecified atom stereocenters. The Bertz CT molecular complexity index is 1050. The van der Waals surface area contributed by atoms with Crippen molar-refractivity contribution in [3.63, 3.8) is 0 Å². The van der Waals surface area contributed by atoms with Gasteiger partial charge in [-0.05, 0) is 50.2 Å².